The van der Waals surface area contributed by atoms with Gasteiger partial charge in [0.15, 0.2) is 0 Å². The maximum absolute atomic E-state index is 12.3. The van der Waals surface area contributed by atoms with E-state index in [4.69, 9.17) is 9.47 Å². The standard InChI is InChI=1S/C14H15NO4S/c1-18-12-8-13(19-2)10-14(9-12)20(16,17)15-11-6-4-3-5-7-11/h3-10,15H,1-2H3. The molecule has 0 aliphatic rings. The summed E-state index contributed by atoms with van der Waals surface area (Å²) in [6.07, 6.45) is 0. The molecule has 0 unspecified atom stereocenters. The molecule has 2 rings (SSSR count). The summed E-state index contributed by atoms with van der Waals surface area (Å²) in [5.41, 5.74) is 0.495. The highest BCUT2D eigenvalue weighted by molar-refractivity contribution is 7.92. The van der Waals surface area contributed by atoms with E-state index in [1.165, 1.54) is 26.4 Å². The van der Waals surface area contributed by atoms with Gasteiger partial charge in [0.25, 0.3) is 10.0 Å². The molecule has 0 bridgehead atoms. The van der Waals surface area contributed by atoms with E-state index in [0.717, 1.165) is 0 Å². The smallest absolute Gasteiger partial charge is 0.262 e. The highest BCUT2D eigenvalue weighted by Gasteiger charge is 2.16. The SMILES string of the molecule is COc1cc(OC)cc(S(=O)(=O)Nc2ccccc2)c1. The van der Waals surface area contributed by atoms with Gasteiger partial charge in [-0.25, -0.2) is 8.42 Å². The van der Waals surface area contributed by atoms with Crippen LogP contribution in [-0.4, -0.2) is 22.6 Å². The molecule has 0 radical (unpaired) electrons. The molecule has 0 spiro atoms. The molecular formula is C14H15NO4S. The van der Waals surface area contributed by atoms with Gasteiger partial charge in [0.2, 0.25) is 0 Å². The Bertz CT molecular complexity index is 661. The van der Waals surface area contributed by atoms with Gasteiger partial charge in [0.05, 0.1) is 19.1 Å². The van der Waals surface area contributed by atoms with Crippen LogP contribution in [-0.2, 0) is 10.0 Å². The van der Waals surface area contributed by atoms with Gasteiger partial charge in [0.1, 0.15) is 11.5 Å². The lowest BCUT2D eigenvalue weighted by Crippen LogP contribution is -2.13. The largest absolute Gasteiger partial charge is 0.497 e. The number of nitrogens with one attached hydrogen (secondary N) is 1. The van der Waals surface area contributed by atoms with Crippen LogP contribution in [0.5, 0.6) is 11.5 Å². The summed E-state index contributed by atoms with van der Waals surface area (Å²) in [5.74, 6) is 0.829. The van der Waals surface area contributed by atoms with E-state index in [1.54, 1.807) is 30.3 Å². The third-order valence-electron chi connectivity index (χ3n) is 2.66. The summed E-state index contributed by atoms with van der Waals surface area (Å²) in [7, 11) is -0.752. The van der Waals surface area contributed by atoms with Gasteiger partial charge in [-0.2, -0.15) is 0 Å². The summed E-state index contributed by atoms with van der Waals surface area (Å²) in [6.45, 7) is 0. The Morgan fingerprint density at radius 3 is 1.95 bits per heavy atom. The van der Waals surface area contributed by atoms with Crippen LogP contribution in [0.25, 0.3) is 0 Å². The number of hydrogen-bond acceptors (Lipinski definition) is 4. The summed E-state index contributed by atoms with van der Waals surface area (Å²) in [6, 6.07) is 13.2. The molecular weight excluding hydrogens is 278 g/mol. The molecule has 5 nitrogen and oxygen atoms in total. The first kappa shape index (κ1) is 14.2. The van der Waals surface area contributed by atoms with Crippen molar-refractivity contribution in [2.75, 3.05) is 18.9 Å². The lowest BCUT2D eigenvalue weighted by molar-refractivity contribution is 0.392. The zero-order valence-corrected chi connectivity index (χ0v) is 12.0. The van der Waals surface area contributed by atoms with Crippen LogP contribution >= 0.6 is 0 Å². The van der Waals surface area contributed by atoms with Crippen molar-refractivity contribution in [1.82, 2.24) is 0 Å². The van der Waals surface area contributed by atoms with Crippen LogP contribution in [0.4, 0.5) is 5.69 Å². The minimum atomic E-state index is -3.69. The maximum atomic E-state index is 12.3. The first-order chi connectivity index (χ1) is 9.55. The number of anilines is 1. The molecule has 0 saturated heterocycles. The third kappa shape index (κ3) is 3.21. The molecule has 0 aromatic heterocycles. The zero-order valence-electron chi connectivity index (χ0n) is 11.2. The van der Waals surface area contributed by atoms with Crippen molar-refractivity contribution in [2.24, 2.45) is 0 Å². The van der Waals surface area contributed by atoms with Crippen molar-refractivity contribution in [2.45, 2.75) is 4.90 Å². The summed E-state index contributed by atoms with van der Waals surface area (Å²) >= 11 is 0. The molecule has 106 valence electrons. The summed E-state index contributed by atoms with van der Waals surface area (Å²) < 4.78 is 37.3. The quantitative estimate of drug-likeness (QED) is 0.920. The van der Waals surface area contributed by atoms with Gasteiger partial charge in [-0.1, -0.05) is 18.2 Å². The van der Waals surface area contributed by atoms with Crippen molar-refractivity contribution >= 4 is 15.7 Å². The molecule has 20 heavy (non-hydrogen) atoms. The number of ether oxygens (including phenoxy) is 2. The minimum absolute atomic E-state index is 0.0811. The third-order valence-corrected chi connectivity index (χ3v) is 4.02. The Labute approximate surface area is 118 Å². The van der Waals surface area contributed by atoms with Gasteiger partial charge in [0, 0.05) is 23.9 Å². The fourth-order valence-corrected chi connectivity index (χ4v) is 2.76. The number of hydrogen-bond donors (Lipinski definition) is 1. The second-order valence-corrected chi connectivity index (χ2v) is 5.70. The Hall–Kier alpha value is -2.21. The molecule has 2 aromatic carbocycles. The topological polar surface area (TPSA) is 64.6 Å². The van der Waals surface area contributed by atoms with E-state index in [0.29, 0.717) is 17.2 Å². The first-order valence-corrected chi connectivity index (χ1v) is 7.34. The molecule has 0 atom stereocenters. The lowest BCUT2D eigenvalue weighted by atomic mass is 10.3. The van der Waals surface area contributed by atoms with Crippen molar-refractivity contribution < 1.29 is 17.9 Å². The Balaban J connectivity index is 2.38. The van der Waals surface area contributed by atoms with E-state index in [-0.39, 0.29) is 4.90 Å². The van der Waals surface area contributed by atoms with Crippen LogP contribution < -0.4 is 14.2 Å². The summed E-state index contributed by atoms with van der Waals surface area (Å²) in [4.78, 5) is 0.0811. The van der Waals surface area contributed by atoms with Crippen LogP contribution in [0, 0.1) is 0 Å². The fourth-order valence-electron chi connectivity index (χ4n) is 1.66. The van der Waals surface area contributed by atoms with E-state index >= 15 is 0 Å². The van der Waals surface area contributed by atoms with Crippen molar-refractivity contribution in [3.8, 4) is 11.5 Å². The Morgan fingerprint density at radius 2 is 1.45 bits per heavy atom. The van der Waals surface area contributed by atoms with Crippen LogP contribution in [0.1, 0.15) is 0 Å². The molecule has 0 fully saturated rings. The molecule has 0 amide bonds. The second kappa shape index (κ2) is 5.83. The van der Waals surface area contributed by atoms with E-state index in [1.807, 2.05) is 6.07 Å². The predicted octanol–water partition coefficient (Wildman–Crippen LogP) is 2.50. The van der Waals surface area contributed by atoms with Crippen LogP contribution in [0.3, 0.4) is 0 Å². The molecule has 0 heterocycles. The monoisotopic (exact) mass is 293 g/mol. The molecule has 0 aliphatic heterocycles. The van der Waals surface area contributed by atoms with Crippen molar-refractivity contribution in [1.29, 1.82) is 0 Å². The first-order valence-electron chi connectivity index (χ1n) is 5.86. The van der Waals surface area contributed by atoms with Crippen molar-refractivity contribution in [3.05, 3.63) is 48.5 Å². The van der Waals surface area contributed by atoms with E-state index in [9.17, 15) is 8.42 Å². The number of methoxy groups -OCH3 is 2. The van der Waals surface area contributed by atoms with Gasteiger partial charge < -0.3 is 9.47 Å². The fraction of sp³-hybridized carbons (Fsp3) is 0.143. The maximum Gasteiger partial charge on any atom is 0.262 e. The number of benzene rings is 2. The summed E-state index contributed by atoms with van der Waals surface area (Å²) in [5, 5.41) is 0. The highest BCUT2D eigenvalue weighted by Crippen LogP contribution is 2.26. The second-order valence-electron chi connectivity index (χ2n) is 4.02. The minimum Gasteiger partial charge on any atom is -0.497 e. The molecule has 0 aliphatic carbocycles. The molecule has 2 aromatic rings. The predicted molar refractivity (Wildman–Crippen MR) is 76.8 cm³/mol. The average molecular weight is 293 g/mol. The van der Waals surface area contributed by atoms with Crippen LogP contribution in [0.15, 0.2) is 53.4 Å². The molecule has 1 N–H and O–H groups in total. The Kier molecular flexibility index (Phi) is 4.14. The number of rotatable bonds is 5. The molecule has 0 saturated carbocycles. The highest BCUT2D eigenvalue weighted by atomic mass is 32.2. The van der Waals surface area contributed by atoms with Crippen LogP contribution in [0.2, 0.25) is 0 Å². The number of para-hydroxylation sites is 1. The lowest BCUT2D eigenvalue weighted by Gasteiger charge is -2.11. The van der Waals surface area contributed by atoms with Crippen molar-refractivity contribution in [3.63, 3.8) is 0 Å². The normalized spacial score (nSPS) is 10.9. The van der Waals surface area contributed by atoms with Gasteiger partial charge in [-0.3, -0.25) is 4.72 Å². The zero-order chi connectivity index (χ0) is 14.6. The average Bonchev–Trinajstić information content (AvgIpc) is 2.47. The van der Waals surface area contributed by atoms with E-state index < -0.39 is 10.0 Å². The Morgan fingerprint density at radius 1 is 0.900 bits per heavy atom. The van der Waals surface area contributed by atoms with Gasteiger partial charge in [-0.05, 0) is 12.1 Å². The van der Waals surface area contributed by atoms with Gasteiger partial charge >= 0.3 is 0 Å². The molecule has 6 heteroatoms. The van der Waals surface area contributed by atoms with Gasteiger partial charge in [-0.15, -0.1) is 0 Å². The number of sulfonamides is 1. The van der Waals surface area contributed by atoms with E-state index in [2.05, 4.69) is 4.72 Å².